The number of nitrogens with one attached hydrogen (secondary N) is 2. The summed E-state index contributed by atoms with van der Waals surface area (Å²) in [7, 11) is 0. The van der Waals surface area contributed by atoms with Gasteiger partial charge in [0.1, 0.15) is 10.9 Å². The predicted molar refractivity (Wildman–Crippen MR) is 52.0 cm³/mol. The molecule has 0 aliphatic rings. The van der Waals surface area contributed by atoms with E-state index < -0.39 is 5.82 Å². The second kappa shape index (κ2) is 4.13. The third-order valence-corrected chi connectivity index (χ3v) is 1.93. The Morgan fingerprint density at radius 2 is 2.15 bits per heavy atom. The molecule has 0 bridgehead atoms. The molecule has 0 fully saturated rings. The molecule has 5 heteroatoms. The van der Waals surface area contributed by atoms with E-state index in [0.717, 1.165) is 18.0 Å². The summed E-state index contributed by atoms with van der Waals surface area (Å²) in [5.74, 6) is -0.423. The lowest BCUT2D eigenvalue weighted by atomic mass is 10.4. The Balaban J connectivity index is 2.78. The predicted octanol–water partition coefficient (Wildman–Crippen LogP) is 2.28. The van der Waals surface area contributed by atoms with Gasteiger partial charge in [-0.15, -0.1) is 0 Å². The van der Waals surface area contributed by atoms with Crippen molar-refractivity contribution in [1.29, 1.82) is 10.8 Å². The molecule has 0 spiro atoms. The minimum absolute atomic E-state index is 0.160. The molecule has 1 heterocycles. The topological polar surface area (TPSA) is 60.6 Å². The molecule has 0 unspecified atom stereocenters. The first-order valence-electron chi connectivity index (χ1n) is 3.53. The van der Waals surface area contributed by atoms with Crippen LogP contribution in [0.3, 0.4) is 0 Å². The van der Waals surface area contributed by atoms with Gasteiger partial charge in [0.2, 0.25) is 0 Å². The van der Waals surface area contributed by atoms with E-state index in [1.165, 1.54) is 12.1 Å². The van der Waals surface area contributed by atoms with Crippen molar-refractivity contribution >= 4 is 21.8 Å². The van der Waals surface area contributed by atoms with Crippen LogP contribution in [0.5, 0.6) is 0 Å². The summed E-state index contributed by atoms with van der Waals surface area (Å²) in [5.41, 5.74) is 0.387. The van der Waals surface area contributed by atoms with Gasteiger partial charge in [-0.05, 0) is 19.1 Å². The molecule has 1 aromatic heterocycles. The first kappa shape index (κ1) is 9.85. The van der Waals surface area contributed by atoms with E-state index in [9.17, 15) is 4.39 Å². The summed E-state index contributed by atoms with van der Waals surface area (Å²) in [6.07, 6.45) is 1.06. The number of thioether (sulfide) groups is 1. The zero-order chi connectivity index (χ0) is 9.84. The molecule has 0 radical (unpaired) electrons. The van der Waals surface area contributed by atoms with Crippen LogP contribution in [-0.4, -0.2) is 15.1 Å². The van der Waals surface area contributed by atoms with Gasteiger partial charge in [-0.2, -0.15) is 0 Å². The summed E-state index contributed by atoms with van der Waals surface area (Å²) >= 11 is 0.995. The summed E-state index contributed by atoms with van der Waals surface area (Å²) in [4.78, 5) is 3.71. The standard InChI is InChI=1S/C8H8FN3S/c1-5(10)13-8(11)7-3-2-6(9)4-12-7/h2-4,10-11H,1H3. The van der Waals surface area contributed by atoms with Gasteiger partial charge in [0.15, 0.2) is 0 Å². The highest BCUT2D eigenvalue weighted by molar-refractivity contribution is 8.26. The smallest absolute Gasteiger partial charge is 0.141 e. The zero-order valence-corrected chi connectivity index (χ0v) is 7.78. The summed E-state index contributed by atoms with van der Waals surface area (Å²) < 4.78 is 12.4. The Bertz CT molecular complexity index is 334. The van der Waals surface area contributed by atoms with Gasteiger partial charge in [-0.3, -0.25) is 15.8 Å². The van der Waals surface area contributed by atoms with Gasteiger partial charge in [-0.25, -0.2) is 4.39 Å². The molecular formula is C8H8FN3S. The van der Waals surface area contributed by atoms with Gasteiger partial charge in [0, 0.05) is 0 Å². The number of halogens is 1. The van der Waals surface area contributed by atoms with Crippen LogP contribution in [0.25, 0.3) is 0 Å². The number of nitrogens with zero attached hydrogens (tertiary/aromatic N) is 1. The van der Waals surface area contributed by atoms with Crippen molar-refractivity contribution in [3.8, 4) is 0 Å². The van der Waals surface area contributed by atoms with E-state index in [4.69, 9.17) is 10.8 Å². The fourth-order valence-corrected chi connectivity index (χ4v) is 1.25. The minimum Gasteiger partial charge on any atom is -0.298 e. The van der Waals surface area contributed by atoms with Crippen molar-refractivity contribution in [2.45, 2.75) is 6.92 Å². The highest BCUT2D eigenvalue weighted by Gasteiger charge is 2.04. The van der Waals surface area contributed by atoms with Crippen LogP contribution in [0, 0.1) is 16.6 Å². The molecule has 13 heavy (non-hydrogen) atoms. The van der Waals surface area contributed by atoms with Crippen molar-refractivity contribution in [2.24, 2.45) is 0 Å². The van der Waals surface area contributed by atoms with E-state index in [1.807, 2.05) is 0 Å². The van der Waals surface area contributed by atoms with Gasteiger partial charge in [-0.1, -0.05) is 11.8 Å². The SMILES string of the molecule is CC(=N)SC(=N)c1ccc(F)cn1. The van der Waals surface area contributed by atoms with E-state index in [1.54, 1.807) is 6.92 Å². The zero-order valence-electron chi connectivity index (χ0n) is 6.97. The normalized spacial score (nSPS) is 9.69. The number of pyridine rings is 1. The summed E-state index contributed by atoms with van der Waals surface area (Å²) in [6, 6.07) is 2.67. The molecule has 0 atom stereocenters. The van der Waals surface area contributed by atoms with Crippen LogP contribution in [0.2, 0.25) is 0 Å². The maximum absolute atomic E-state index is 12.4. The molecule has 2 N–H and O–H groups in total. The Labute approximate surface area is 79.4 Å². The van der Waals surface area contributed by atoms with E-state index in [0.29, 0.717) is 10.7 Å². The van der Waals surface area contributed by atoms with Crippen molar-refractivity contribution in [3.05, 3.63) is 29.8 Å². The van der Waals surface area contributed by atoms with Gasteiger partial charge in [0.05, 0.1) is 16.9 Å². The molecule has 0 amide bonds. The van der Waals surface area contributed by atoms with E-state index in [2.05, 4.69) is 4.98 Å². The fraction of sp³-hybridized carbons (Fsp3) is 0.125. The van der Waals surface area contributed by atoms with Crippen LogP contribution in [0.15, 0.2) is 18.3 Å². The number of aromatic nitrogens is 1. The van der Waals surface area contributed by atoms with Crippen LogP contribution < -0.4 is 0 Å². The van der Waals surface area contributed by atoms with E-state index in [-0.39, 0.29) is 5.04 Å². The molecule has 0 aromatic carbocycles. The number of hydrogen-bond acceptors (Lipinski definition) is 4. The average molecular weight is 197 g/mol. The molecule has 0 saturated heterocycles. The lowest BCUT2D eigenvalue weighted by Gasteiger charge is -1.99. The highest BCUT2D eigenvalue weighted by atomic mass is 32.2. The first-order valence-corrected chi connectivity index (χ1v) is 4.34. The van der Waals surface area contributed by atoms with Gasteiger partial charge < -0.3 is 0 Å². The van der Waals surface area contributed by atoms with Crippen molar-refractivity contribution < 1.29 is 4.39 Å². The Kier molecular flexibility index (Phi) is 3.13. The maximum atomic E-state index is 12.4. The molecule has 0 aliphatic heterocycles. The second-order valence-corrected chi connectivity index (χ2v) is 3.57. The molecular weight excluding hydrogens is 189 g/mol. The monoisotopic (exact) mass is 197 g/mol. The first-order chi connectivity index (χ1) is 6.09. The molecule has 1 rings (SSSR count). The van der Waals surface area contributed by atoms with Crippen molar-refractivity contribution in [3.63, 3.8) is 0 Å². The average Bonchev–Trinajstić information content (AvgIpc) is 2.04. The summed E-state index contributed by atoms with van der Waals surface area (Å²) in [6.45, 7) is 1.59. The molecule has 1 aromatic rings. The van der Waals surface area contributed by atoms with E-state index >= 15 is 0 Å². The Morgan fingerprint density at radius 3 is 2.62 bits per heavy atom. The van der Waals surface area contributed by atoms with Crippen molar-refractivity contribution in [2.75, 3.05) is 0 Å². The van der Waals surface area contributed by atoms with Gasteiger partial charge >= 0.3 is 0 Å². The van der Waals surface area contributed by atoms with Gasteiger partial charge in [0.25, 0.3) is 0 Å². The lowest BCUT2D eigenvalue weighted by Crippen LogP contribution is -1.99. The Hall–Kier alpha value is -1.23. The Morgan fingerprint density at radius 1 is 1.46 bits per heavy atom. The van der Waals surface area contributed by atoms with Crippen LogP contribution in [-0.2, 0) is 0 Å². The molecule has 0 saturated carbocycles. The largest absolute Gasteiger partial charge is 0.298 e. The van der Waals surface area contributed by atoms with Crippen LogP contribution in [0.1, 0.15) is 12.6 Å². The van der Waals surface area contributed by atoms with Crippen molar-refractivity contribution in [1.82, 2.24) is 4.98 Å². The third kappa shape index (κ3) is 2.95. The maximum Gasteiger partial charge on any atom is 0.141 e. The highest BCUT2D eigenvalue weighted by Crippen LogP contribution is 2.10. The number of hydrogen-bond donors (Lipinski definition) is 2. The molecule has 68 valence electrons. The number of rotatable bonds is 1. The minimum atomic E-state index is -0.423. The molecule has 0 aliphatic carbocycles. The second-order valence-electron chi connectivity index (χ2n) is 2.35. The molecule has 3 nitrogen and oxygen atoms in total. The lowest BCUT2D eigenvalue weighted by molar-refractivity contribution is 0.621. The quantitative estimate of drug-likeness (QED) is 0.536. The fourth-order valence-electron chi connectivity index (χ4n) is 0.716. The van der Waals surface area contributed by atoms with Crippen LogP contribution >= 0.6 is 11.8 Å². The van der Waals surface area contributed by atoms with Crippen LogP contribution in [0.4, 0.5) is 4.39 Å². The third-order valence-electron chi connectivity index (χ3n) is 1.22. The summed E-state index contributed by atoms with van der Waals surface area (Å²) in [5, 5.41) is 15.1.